The highest BCUT2D eigenvalue weighted by Crippen LogP contribution is 2.46. The predicted octanol–water partition coefficient (Wildman–Crippen LogP) is 6.19. The van der Waals surface area contributed by atoms with Crippen LogP contribution in [0.15, 0.2) is 60.8 Å². The van der Waals surface area contributed by atoms with Crippen molar-refractivity contribution in [2.24, 2.45) is 0 Å². The summed E-state index contributed by atoms with van der Waals surface area (Å²) in [6.07, 6.45) is 6.89. The number of hydrogen-bond acceptors (Lipinski definition) is 7. The fraction of sp³-hybridized carbons (Fsp3) is 0.241. The van der Waals surface area contributed by atoms with Gasteiger partial charge in [0.1, 0.15) is 21.2 Å². The number of carbonyl (C=O) groups excluding carboxylic acids is 2. The van der Waals surface area contributed by atoms with Gasteiger partial charge >= 0.3 is 6.03 Å². The molecule has 3 N–H and O–H groups in total. The van der Waals surface area contributed by atoms with Gasteiger partial charge in [-0.05, 0) is 74.6 Å². The average Bonchev–Trinajstić information content (AvgIpc) is 3.31. The third-order valence-corrected chi connectivity index (χ3v) is 8.27. The number of nitriles is 1. The van der Waals surface area contributed by atoms with Crippen molar-refractivity contribution in [2.75, 3.05) is 10.2 Å². The molecule has 6 rings (SSSR count). The van der Waals surface area contributed by atoms with Crippen molar-refractivity contribution in [3.8, 4) is 17.7 Å². The number of nitrogens with zero attached hydrogens (tertiary/aromatic N) is 3. The Morgan fingerprint density at radius 1 is 1.08 bits per heavy atom. The molecule has 196 valence electrons. The van der Waals surface area contributed by atoms with E-state index in [-0.39, 0.29) is 24.0 Å². The van der Waals surface area contributed by atoms with E-state index < -0.39 is 0 Å². The molecule has 10 heteroatoms. The van der Waals surface area contributed by atoms with Gasteiger partial charge in [-0.1, -0.05) is 18.2 Å². The minimum atomic E-state index is -0.342. The molecule has 2 aliphatic rings. The first-order valence-corrected chi connectivity index (χ1v) is 13.6. The van der Waals surface area contributed by atoms with Crippen LogP contribution in [0.3, 0.4) is 0 Å². The Morgan fingerprint density at radius 2 is 1.85 bits per heavy atom. The first-order valence-electron chi connectivity index (χ1n) is 12.8. The molecule has 1 saturated carbocycles. The van der Waals surface area contributed by atoms with Gasteiger partial charge in [0.2, 0.25) is 0 Å². The molecule has 1 aliphatic heterocycles. The summed E-state index contributed by atoms with van der Waals surface area (Å²) < 4.78 is 5.96. The SMILES string of the molecule is Cc1cc(Oc2ccccc2)ccc1N1C(=O)Nc2c(C(=O)NC3CCC(NC#N)CC3)sc3nccc1c23. The van der Waals surface area contributed by atoms with Gasteiger partial charge in [-0.3, -0.25) is 9.69 Å². The van der Waals surface area contributed by atoms with E-state index in [1.165, 1.54) is 11.3 Å². The number of aryl methyl sites for hydroxylation is 1. The van der Waals surface area contributed by atoms with Crippen LogP contribution >= 0.6 is 11.3 Å². The highest BCUT2D eigenvalue weighted by Gasteiger charge is 2.34. The lowest BCUT2D eigenvalue weighted by atomic mass is 9.91. The van der Waals surface area contributed by atoms with Crippen molar-refractivity contribution >= 4 is 50.6 Å². The van der Waals surface area contributed by atoms with Crippen molar-refractivity contribution in [3.05, 3.63) is 71.2 Å². The molecule has 0 unspecified atom stereocenters. The second kappa shape index (κ2) is 10.3. The van der Waals surface area contributed by atoms with Gasteiger partial charge in [0, 0.05) is 18.3 Å². The van der Waals surface area contributed by atoms with Crippen molar-refractivity contribution in [1.29, 1.82) is 5.26 Å². The van der Waals surface area contributed by atoms with E-state index in [1.807, 2.05) is 61.6 Å². The van der Waals surface area contributed by atoms with Crippen LogP contribution in [0.25, 0.3) is 10.2 Å². The predicted molar refractivity (Wildman–Crippen MR) is 151 cm³/mol. The number of anilines is 3. The van der Waals surface area contributed by atoms with E-state index in [9.17, 15) is 9.59 Å². The van der Waals surface area contributed by atoms with Gasteiger partial charge in [-0.15, -0.1) is 11.3 Å². The molecule has 39 heavy (non-hydrogen) atoms. The van der Waals surface area contributed by atoms with Gasteiger partial charge in [0.25, 0.3) is 5.91 Å². The molecule has 3 amide bonds. The van der Waals surface area contributed by atoms with E-state index in [4.69, 9.17) is 10.00 Å². The minimum absolute atomic E-state index is 0.0224. The third kappa shape index (κ3) is 4.73. The fourth-order valence-electron chi connectivity index (χ4n) is 5.27. The quantitative estimate of drug-likeness (QED) is 0.199. The van der Waals surface area contributed by atoms with Gasteiger partial charge in [0.05, 0.1) is 22.4 Å². The van der Waals surface area contributed by atoms with Crippen LogP contribution in [-0.4, -0.2) is 29.0 Å². The molecular formula is C29H26N6O3S. The minimum Gasteiger partial charge on any atom is -0.457 e. The molecule has 1 fully saturated rings. The zero-order chi connectivity index (χ0) is 26.9. The number of thiophene rings is 1. The zero-order valence-corrected chi connectivity index (χ0v) is 22.0. The molecule has 1 aliphatic carbocycles. The molecule has 3 heterocycles. The van der Waals surface area contributed by atoms with Crippen LogP contribution in [0, 0.1) is 18.4 Å². The van der Waals surface area contributed by atoms with Gasteiger partial charge in [0.15, 0.2) is 6.19 Å². The Labute approximate surface area is 229 Å². The summed E-state index contributed by atoms with van der Waals surface area (Å²) in [5, 5.41) is 18.5. The summed E-state index contributed by atoms with van der Waals surface area (Å²) in [5.74, 6) is 1.19. The van der Waals surface area contributed by atoms with Gasteiger partial charge in [-0.25, -0.2) is 9.78 Å². The van der Waals surface area contributed by atoms with Crippen molar-refractivity contribution < 1.29 is 14.3 Å². The molecule has 0 saturated heterocycles. The number of nitrogens with one attached hydrogen (secondary N) is 3. The normalized spacial score (nSPS) is 18.3. The molecular weight excluding hydrogens is 512 g/mol. The first kappa shape index (κ1) is 24.7. The number of benzene rings is 2. The Bertz CT molecular complexity index is 1600. The van der Waals surface area contributed by atoms with E-state index in [0.29, 0.717) is 32.5 Å². The standard InChI is InChI=1S/C29H26N6O3S/c1-17-15-21(38-20-5-3-2-4-6-20)11-12-22(17)35-23-13-14-31-28-24(23)25(34-29(35)37)26(39-28)27(36)33-19-9-7-18(8-10-19)32-16-30/h2-6,11-15,18-19,32H,7-10H2,1H3,(H,33,36)(H,34,37). The molecule has 0 atom stereocenters. The van der Waals surface area contributed by atoms with Gasteiger partial charge < -0.3 is 20.7 Å². The number of hydrogen-bond donors (Lipinski definition) is 3. The lowest BCUT2D eigenvalue weighted by molar-refractivity contribution is 0.0930. The number of pyridine rings is 1. The molecule has 0 bridgehead atoms. The van der Waals surface area contributed by atoms with Crippen LogP contribution in [0.1, 0.15) is 40.9 Å². The average molecular weight is 539 g/mol. The maximum atomic E-state index is 13.5. The van der Waals surface area contributed by atoms with Crippen LogP contribution in [0.2, 0.25) is 0 Å². The maximum absolute atomic E-state index is 13.5. The highest BCUT2D eigenvalue weighted by atomic mass is 32.1. The number of para-hydroxylation sites is 1. The van der Waals surface area contributed by atoms with Crippen LogP contribution < -0.4 is 25.6 Å². The fourth-order valence-corrected chi connectivity index (χ4v) is 6.30. The zero-order valence-electron chi connectivity index (χ0n) is 21.2. The lowest BCUT2D eigenvalue weighted by Crippen LogP contribution is -2.41. The summed E-state index contributed by atoms with van der Waals surface area (Å²) >= 11 is 1.28. The van der Waals surface area contributed by atoms with E-state index in [1.54, 1.807) is 17.2 Å². The second-order valence-electron chi connectivity index (χ2n) is 9.72. The highest BCUT2D eigenvalue weighted by molar-refractivity contribution is 7.21. The number of carbonyl (C=O) groups is 2. The Kier molecular flexibility index (Phi) is 6.50. The first-order chi connectivity index (χ1) is 19.0. The van der Waals surface area contributed by atoms with Crippen molar-refractivity contribution in [1.82, 2.24) is 15.6 Å². The Hall–Kier alpha value is -4.62. The van der Waals surface area contributed by atoms with Crippen LogP contribution in [0.5, 0.6) is 11.5 Å². The number of urea groups is 1. The summed E-state index contributed by atoms with van der Waals surface area (Å²) in [6.45, 7) is 1.93. The van der Waals surface area contributed by atoms with Crippen molar-refractivity contribution in [3.63, 3.8) is 0 Å². The smallest absolute Gasteiger partial charge is 0.331 e. The van der Waals surface area contributed by atoms with Crippen LogP contribution in [0.4, 0.5) is 21.9 Å². The monoisotopic (exact) mass is 538 g/mol. The number of rotatable bonds is 6. The summed E-state index contributed by atoms with van der Waals surface area (Å²) in [6, 6.07) is 16.8. The topological polar surface area (TPSA) is 119 Å². The summed E-state index contributed by atoms with van der Waals surface area (Å²) in [4.78, 5) is 34.1. The van der Waals surface area contributed by atoms with E-state index >= 15 is 0 Å². The summed E-state index contributed by atoms with van der Waals surface area (Å²) in [7, 11) is 0. The summed E-state index contributed by atoms with van der Waals surface area (Å²) in [5.41, 5.74) is 2.75. The van der Waals surface area contributed by atoms with Crippen LogP contribution in [-0.2, 0) is 0 Å². The molecule has 2 aromatic heterocycles. The van der Waals surface area contributed by atoms with E-state index in [2.05, 4.69) is 20.9 Å². The maximum Gasteiger partial charge on any atom is 0.331 e. The largest absolute Gasteiger partial charge is 0.457 e. The molecule has 4 aromatic rings. The Morgan fingerprint density at radius 3 is 2.59 bits per heavy atom. The Balaban J connectivity index is 1.28. The number of aromatic nitrogens is 1. The molecule has 0 spiro atoms. The van der Waals surface area contributed by atoms with Gasteiger partial charge in [-0.2, -0.15) is 5.26 Å². The molecule has 2 aromatic carbocycles. The van der Waals surface area contributed by atoms with E-state index in [0.717, 1.165) is 42.4 Å². The molecule has 0 radical (unpaired) electrons. The van der Waals surface area contributed by atoms with Crippen molar-refractivity contribution in [2.45, 2.75) is 44.7 Å². The number of amides is 3. The lowest BCUT2D eigenvalue weighted by Gasteiger charge is -2.30. The third-order valence-electron chi connectivity index (χ3n) is 7.17. The molecule has 9 nitrogen and oxygen atoms in total. The second-order valence-corrected chi connectivity index (χ2v) is 10.7. The number of ether oxygens (including phenoxy) is 1.